The van der Waals surface area contributed by atoms with Gasteiger partial charge >= 0.3 is 0 Å². The lowest BCUT2D eigenvalue weighted by atomic mass is 9.62. The summed E-state index contributed by atoms with van der Waals surface area (Å²) in [6.07, 6.45) is 6.30. The van der Waals surface area contributed by atoms with E-state index in [9.17, 15) is 0 Å². The summed E-state index contributed by atoms with van der Waals surface area (Å²) in [7, 11) is 2.24. The van der Waals surface area contributed by atoms with Crippen LogP contribution < -0.4 is 0 Å². The van der Waals surface area contributed by atoms with E-state index < -0.39 is 0 Å². The van der Waals surface area contributed by atoms with Crippen LogP contribution in [0.15, 0.2) is 12.1 Å². The molecule has 0 saturated carbocycles. The number of piperazine rings is 1. The van der Waals surface area contributed by atoms with Crippen LogP contribution in [0.5, 0.6) is 0 Å². The highest BCUT2D eigenvalue weighted by Gasteiger charge is 2.37. The Labute approximate surface area is 162 Å². The maximum Gasteiger partial charge on any atom is 0.0110 e. The molecule has 0 radical (unpaired) electrons. The van der Waals surface area contributed by atoms with Gasteiger partial charge in [0.15, 0.2) is 0 Å². The summed E-state index contributed by atoms with van der Waals surface area (Å²) < 4.78 is 0. The SMILES string of the molecule is CCc1cc2c(cc1CCCN1CCN(C)CC1)C(C)(C)CCC2(C)C. The molecule has 0 N–H and O–H groups in total. The number of rotatable bonds is 5. The van der Waals surface area contributed by atoms with Gasteiger partial charge in [-0.1, -0.05) is 46.8 Å². The van der Waals surface area contributed by atoms with Crippen molar-refractivity contribution in [3.8, 4) is 0 Å². The Morgan fingerprint density at radius 3 is 1.92 bits per heavy atom. The molecule has 1 aromatic carbocycles. The molecule has 2 heteroatoms. The fourth-order valence-electron chi connectivity index (χ4n) is 4.83. The summed E-state index contributed by atoms with van der Waals surface area (Å²) in [5.41, 5.74) is 7.10. The zero-order valence-corrected chi connectivity index (χ0v) is 18.1. The van der Waals surface area contributed by atoms with Gasteiger partial charge in [-0.25, -0.2) is 0 Å². The van der Waals surface area contributed by atoms with Crippen LogP contribution >= 0.6 is 0 Å². The van der Waals surface area contributed by atoms with Gasteiger partial charge in [-0.05, 0) is 78.8 Å². The van der Waals surface area contributed by atoms with Gasteiger partial charge in [-0.3, -0.25) is 0 Å². The highest BCUT2D eigenvalue weighted by atomic mass is 15.2. The van der Waals surface area contributed by atoms with Crippen molar-refractivity contribution in [2.24, 2.45) is 0 Å². The minimum Gasteiger partial charge on any atom is -0.304 e. The van der Waals surface area contributed by atoms with E-state index in [-0.39, 0.29) is 0 Å². The van der Waals surface area contributed by atoms with Crippen LogP contribution in [0.1, 0.15) is 76.1 Å². The van der Waals surface area contributed by atoms with Crippen LogP contribution in [-0.4, -0.2) is 49.6 Å². The van der Waals surface area contributed by atoms with Gasteiger partial charge in [0.25, 0.3) is 0 Å². The van der Waals surface area contributed by atoms with Gasteiger partial charge < -0.3 is 9.80 Å². The van der Waals surface area contributed by atoms with Crippen molar-refractivity contribution < 1.29 is 0 Å². The molecule has 1 heterocycles. The predicted molar refractivity (Wildman–Crippen MR) is 113 cm³/mol. The molecular formula is C24H40N2. The summed E-state index contributed by atoms with van der Waals surface area (Å²) in [6, 6.07) is 5.17. The van der Waals surface area contributed by atoms with Crippen LogP contribution in [0.4, 0.5) is 0 Å². The average molecular weight is 357 g/mol. The Kier molecular flexibility index (Phi) is 5.84. The third-order valence-electron chi connectivity index (χ3n) is 7.07. The van der Waals surface area contributed by atoms with Crippen molar-refractivity contribution in [1.82, 2.24) is 9.80 Å². The Morgan fingerprint density at radius 2 is 1.38 bits per heavy atom. The van der Waals surface area contributed by atoms with Crippen molar-refractivity contribution in [1.29, 1.82) is 0 Å². The van der Waals surface area contributed by atoms with Gasteiger partial charge in [-0.15, -0.1) is 0 Å². The van der Waals surface area contributed by atoms with Crippen molar-refractivity contribution in [3.05, 3.63) is 34.4 Å². The minimum atomic E-state index is 0.323. The summed E-state index contributed by atoms with van der Waals surface area (Å²) >= 11 is 0. The van der Waals surface area contributed by atoms with Crippen LogP contribution in [0.3, 0.4) is 0 Å². The first-order chi connectivity index (χ1) is 12.2. The topological polar surface area (TPSA) is 6.48 Å². The lowest BCUT2D eigenvalue weighted by molar-refractivity contribution is 0.153. The Morgan fingerprint density at radius 1 is 0.846 bits per heavy atom. The van der Waals surface area contributed by atoms with E-state index >= 15 is 0 Å². The van der Waals surface area contributed by atoms with E-state index in [2.05, 4.69) is 63.6 Å². The first-order valence-electron chi connectivity index (χ1n) is 10.8. The molecule has 1 saturated heterocycles. The number of hydrogen-bond acceptors (Lipinski definition) is 2. The molecule has 146 valence electrons. The molecule has 0 amide bonds. The monoisotopic (exact) mass is 356 g/mol. The number of fused-ring (bicyclic) bond motifs is 1. The van der Waals surface area contributed by atoms with Crippen molar-refractivity contribution in [3.63, 3.8) is 0 Å². The van der Waals surface area contributed by atoms with Crippen molar-refractivity contribution in [2.75, 3.05) is 39.8 Å². The second-order valence-electron chi connectivity index (χ2n) is 10.0. The zero-order valence-electron chi connectivity index (χ0n) is 18.1. The van der Waals surface area contributed by atoms with E-state index in [1.807, 2.05) is 0 Å². The molecule has 0 atom stereocenters. The first-order valence-corrected chi connectivity index (χ1v) is 10.8. The summed E-state index contributed by atoms with van der Waals surface area (Å²) in [6.45, 7) is 18.3. The van der Waals surface area contributed by atoms with Crippen molar-refractivity contribution >= 4 is 0 Å². The predicted octanol–water partition coefficient (Wildman–Crippen LogP) is 4.78. The van der Waals surface area contributed by atoms with Crippen LogP contribution in [-0.2, 0) is 23.7 Å². The molecule has 1 aromatic rings. The number of aryl methyl sites for hydroxylation is 2. The Hall–Kier alpha value is -0.860. The number of hydrogen-bond donors (Lipinski definition) is 0. The van der Waals surface area contributed by atoms with Gasteiger partial charge in [-0.2, -0.15) is 0 Å². The molecule has 1 fully saturated rings. The highest BCUT2D eigenvalue weighted by Crippen LogP contribution is 2.46. The lowest BCUT2D eigenvalue weighted by Crippen LogP contribution is -2.44. The molecule has 2 aliphatic rings. The third kappa shape index (κ3) is 4.17. The van der Waals surface area contributed by atoms with E-state index in [0.29, 0.717) is 10.8 Å². The van der Waals surface area contributed by atoms with E-state index in [1.54, 1.807) is 22.3 Å². The smallest absolute Gasteiger partial charge is 0.0110 e. The van der Waals surface area contributed by atoms with Gasteiger partial charge in [0.2, 0.25) is 0 Å². The van der Waals surface area contributed by atoms with E-state index in [4.69, 9.17) is 0 Å². The van der Waals surface area contributed by atoms with E-state index in [1.165, 1.54) is 58.4 Å². The molecule has 1 aliphatic heterocycles. The molecule has 3 rings (SSSR count). The van der Waals surface area contributed by atoms with Crippen LogP contribution in [0.2, 0.25) is 0 Å². The molecule has 0 spiro atoms. The van der Waals surface area contributed by atoms with Crippen LogP contribution in [0.25, 0.3) is 0 Å². The normalized spacial score (nSPS) is 23.0. The molecule has 0 aromatic heterocycles. The third-order valence-corrected chi connectivity index (χ3v) is 7.07. The summed E-state index contributed by atoms with van der Waals surface area (Å²) in [4.78, 5) is 5.09. The zero-order chi connectivity index (χ0) is 18.9. The van der Waals surface area contributed by atoms with E-state index in [0.717, 1.165) is 6.42 Å². The maximum atomic E-state index is 2.65. The molecule has 0 bridgehead atoms. The quantitative estimate of drug-likeness (QED) is 0.749. The number of nitrogens with zero attached hydrogens (tertiary/aromatic N) is 2. The van der Waals surface area contributed by atoms with Gasteiger partial charge in [0, 0.05) is 26.2 Å². The second-order valence-corrected chi connectivity index (χ2v) is 10.0. The number of likely N-dealkylation sites (N-methyl/N-ethyl adjacent to an activating group) is 1. The van der Waals surface area contributed by atoms with Gasteiger partial charge in [0.05, 0.1) is 0 Å². The largest absolute Gasteiger partial charge is 0.304 e. The van der Waals surface area contributed by atoms with Crippen LogP contribution in [0, 0.1) is 0 Å². The molecule has 0 unspecified atom stereocenters. The summed E-state index contributed by atoms with van der Waals surface area (Å²) in [5.74, 6) is 0. The summed E-state index contributed by atoms with van der Waals surface area (Å²) in [5, 5.41) is 0. The standard InChI is InChI=1S/C24H40N2/c1-7-19-17-21-22(24(4,5)11-10-23(21,2)3)18-20(19)9-8-12-26-15-13-25(6)14-16-26/h17-18H,7-16H2,1-6H3. The molecule has 1 aliphatic carbocycles. The molecular weight excluding hydrogens is 316 g/mol. The second kappa shape index (κ2) is 7.64. The average Bonchev–Trinajstić information content (AvgIpc) is 2.60. The Balaban J connectivity index is 1.75. The molecule has 26 heavy (non-hydrogen) atoms. The highest BCUT2D eigenvalue weighted by molar-refractivity contribution is 5.47. The Bertz CT molecular complexity index is 621. The fourth-order valence-corrected chi connectivity index (χ4v) is 4.83. The fraction of sp³-hybridized carbons (Fsp3) is 0.750. The van der Waals surface area contributed by atoms with Gasteiger partial charge in [0.1, 0.15) is 0 Å². The van der Waals surface area contributed by atoms with Crippen molar-refractivity contribution in [2.45, 2.75) is 77.6 Å². The lowest BCUT2D eigenvalue weighted by Gasteiger charge is -2.42. The number of benzene rings is 1. The first kappa shape index (κ1) is 19.9. The minimum absolute atomic E-state index is 0.323. The molecule has 2 nitrogen and oxygen atoms in total. The maximum absolute atomic E-state index is 2.65.